The first-order valence-electron chi connectivity index (χ1n) is 8.52. The molecule has 0 saturated heterocycles. The monoisotopic (exact) mass is 428 g/mol. The number of nitrogens with one attached hydrogen (secondary N) is 1. The lowest BCUT2D eigenvalue weighted by Crippen LogP contribution is -2.11. The van der Waals surface area contributed by atoms with Crippen molar-refractivity contribution in [3.63, 3.8) is 0 Å². The van der Waals surface area contributed by atoms with E-state index in [0.29, 0.717) is 16.5 Å². The molecule has 4 rings (SSSR count). The fourth-order valence-corrected chi connectivity index (χ4v) is 3.48. The predicted molar refractivity (Wildman–Crippen MR) is 109 cm³/mol. The molecule has 146 valence electrons. The molecule has 2 aromatic heterocycles. The van der Waals surface area contributed by atoms with Crippen LogP contribution in [0.4, 0.5) is 9.52 Å². The van der Waals surface area contributed by atoms with Crippen LogP contribution in [0.2, 0.25) is 5.02 Å². The maximum Gasteiger partial charge on any atom is 0.257 e. The maximum atomic E-state index is 13.3. The number of aryl methyl sites for hydroxylation is 1. The first kappa shape index (κ1) is 19.2. The van der Waals surface area contributed by atoms with Gasteiger partial charge in [0.05, 0.1) is 11.4 Å². The zero-order valence-corrected chi connectivity index (χ0v) is 16.9. The second-order valence-electron chi connectivity index (χ2n) is 6.25. The van der Waals surface area contributed by atoms with Gasteiger partial charge in [0.15, 0.2) is 11.5 Å². The summed E-state index contributed by atoms with van der Waals surface area (Å²) in [7, 11) is 0. The van der Waals surface area contributed by atoms with Crippen molar-refractivity contribution in [2.45, 2.75) is 13.8 Å². The Bertz CT molecular complexity index is 1220. The predicted octanol–water partition coefficient (Wildman–Crippen LogP) is 4.45. The number of amides is 1. The molecule has 7 nitrogen and oxygen atoms in total. The fraction of sp³-hybridized carbons (Fsp3) is 0.105. The first-order chi connectivity index (χ1) is 13.9. The third kappa shape index (κ3) is 3.87. The largest absolute Gasteiger partial charge is 0.297 e. The molecule has 4 aromatic rings. The molecule has 0 atom stereocenters. The molecule has 0 spiro atoms. The van der Waals surface area contributed by atoms with Crippen molar-refractivity contribution >= 4 is 34.2 Å². The Morgan fingerprint density at radius 1 is 1.21 bits per heavy atom. The standard InChI is InChI=1S/C19H14ClFN6OS/c1-10-6-7-13(20)9-15(10)27-11(2)16(24-26-27)17-22-19(29-25-17)23-18(28)12-4-3-5-14(21)8-12/h3-9H,1-2H3,(H,22,23,25,28). The summed E-state index contributed by atoms with van der Waals surface area (Å²) < 4.78 is 19.2. The molecule has 10 heteroatoms. The minimum atomic E-state index is -0.487. The molecule has 0 aliphatic rings. The Hall–Kier alpha value is -3.17. The van der Waals surface area contributed by atoms with E-state index in [4.69, 9.17) is 11.6 Å². The summed E-state index contributed by atoms with van der Waals surface area (Å²) >= 11 is 7.11. The minimum absolute atomic E-state index is 0.195. The van der Waals surface area contributed by atoms with Crippen LogP contribution >= 0.6 is 23.1 Å². The number of carbonyl (C=O) groups excluding carboxylic acids is 1. The molecule has 29 heavy (non-hydrogen) atoms. The fourth-order valence-electron chi connectivity index (χ4n) is 2.74. The summed E-state index contributed by atoms with van der Waals surface area (Å²) in [5.41, 5.74) is 3.22. The number of hydrogen-bond donors (Lipinski definition) is 1. The molecule has 0 aliphatic heterocycles. The summed E-state index contributed by atoms with van der Waals surface area (Å²) in [4.78, 5) is 16.6. The van der Waals surface area contributed by atoms with E-state index in [1.54, 1.807) is 4.68 Å². The van der Waals surface area contributed by atoms with Crippen molar-refractivity contribution in [3.8, 4) is 17.2 Å². The van der Waals surface area contributed by atoms with E-state index in [1.165, 1.54) is 18.2 Å². The first-order valence-corrected chi connectivity index (χ1v) is 9.67. The van der Waals surface area contributed by atoms with Gasteiger partial charge in [0.2, 0.25) is 5.13 Å². The minimum Gasteiger partial charge on any atom is -0.297 e. The number of halogens is 2. The highest BCUT2D eigenvalue weighted by molar-refractivity contribution is 7.10. The Morgan fingerprint density at radius 2 is 2.03 bits per heavy atom. The zero-order chi connectivity index (χ0) is 20.5. The highest BCUT2D eigenvalue weighted by Gasteiger charge is 2.19. The molecule has 0 bridgehead atoms. The lowest BCUT2D eigenvalue weighted by molar-refractivity contribution is 0.102. The molecule has 0 unspecified atom stereocenters. The van der Waals surface area contributed by atoms with E-state index >= 15 is 0 Å². The van der Waals surface area contributed by atoms with Crippen LogP contribution in [0.1, 0.15) is 21.6 Å². The number of carbonyl (C=O) groups is 1. The number of nitrogens with zero attached hydrogens (tertiary/aromatic N) is 5. The number of hydrogen-bond acceptors (Lipinski definition) is 6. The van der Waals surface area contributed by atoms with Crippen molar-refractivity contribution in [2.24, 2.45) is 0 Å². The van der Waals surface area contributed by atoms with Crippen molar-refractivity contribution < 1.29 is 9.18 Å². The Morgan fingerprint density at radius 3 is 2.83 bits per heavy atom. The van der Waals surface area contributed by atoms with Gasteiger partial charge in [-0.1, -0.05) is 28.9 Å². The molecule has 0 saturated carbocycles. The van der Waals surface area contributed by atoms with Crippen LogP contribution in [0.5, 0.6) is 0 Å². The summed E-state index contributed by atoms with van der Waals surface area (Å²) in [5, 5.41) is 11.9. The number of anilines is 1. The smallest absolute Gasteiger partial charge is 0.257 e. The van der Waals surface area contributed by atoms with Gasteiger partial charge >= 0.3 is 0 Å². The second kappa shape index (κ2) is 7.69. The van der Waals surface area contributed by atoms with Gasteiger partial charge in [-0.2, -0.15) is 9.36 Å². The van der Waals surface area contributed by atoms with Crippen LogP contribution in [0.15, 0.2) is 42.5 Å². The Labute approximate surface area is 174 Å². The number of rotatable bonds is 4. The van der Waals surface area contributed by atoms with E-state index in [2.05, 4.69) is 25.0 Å². The molecule has 1 amide bonds. The molecule has 0 radical (unpaired) electrons. The van der Waals surface area contributed by atoms with Crippen molar-refractivity contribution in [1.82, 2.24) is 24.4 Å². The van der Waals surface area contributed by atoms with Crippen molar-refractivity contribution in [2.75, 3.05) is 5.32 Å². The average molecular weight is 429 g/mol. The summed E-state index contributed by atoms with van der Waals surface area (Å²) in [6, 6.07) is 10.9. The van der Waals surface area contributed by atoms with Crippen molar-refractivity contribution in [3.05, 3.63) is 70.1 Å². The zero-order valence-electron chi connectivity index (χ0n) is 15.3. The third-order valence-electron chi connectivity index (χ3n) is 4.24. The highest BCUT2D eigenvalue weighted by Crippen LogP contribution is 2.26. The van der Waals surface area contributed by atoms with Crippen LogP contribution < -0.4 is 5.32 Å². The van der Waals surface area contributed by atoms with Gasteiger partial charge in [-0.25, -0.2) is 9.07 Å². The molecule has 0 fully saturated rings. The Balaban J connectivity index is 1.60. The normalized spacial score (nSPS) is 10.9. The van der Waals surface area contributed by atoms with Crippen LogP contribution in [0.3, 0.4) is 0 Å². The van der Waals surface area contributed by atoms with E-state index < -0.39 is 11.7 Å². The molecule has 2 aromatic carbocycles. The molecule has 1 N–H and O–H groups in total. The van der Waals surface area contributed by atoms with Crippen LogP contribution in [0, 0.1) is 19.7 Å². The topological polar surface area (TPSA) is 85.6 Å². The summed E-state index contributed by atoms with van der Waals surface area (Å²) in [6.45, 7) is 3.80. The molecule has 0 aliphatic carbocycles. The van der Waals surface area contributed by atoms with Gasteiger partial charge < -0.3 is 0 Å². The Kier molecular flexibility index (Phi) is 5.08. The quantitative estimate of drug-likeness (QED) is 0.519. The number of benzene rings is 2. The molecule has 2 heterocycles. The van der Waals surface area contributed by atoms with E-state index in [1.807, 2.05) is 32.0 Å². The number of aromatic nitrogens is 5. The van der Waals surface area contributed by atoms with Crippen LogP contribution in [0.25, 0.3) is 17.2 Å². The van der Waals surface area contributed by atoms with Gasteiger partial charge in [0.25, 0.3) is 5.91 Å². The molecular weight excluding hydrogens is 415 g/mol. The van der Waals surface area contributed by atoms with Gasteiger partial charge in [0.1, 0.15) is 5.82 Å². The van der Waals surface area contributed by atoms with Gasteiger partial charge in [-0.15, -0.1) is 5.10 Å². The third-order valence-corrected chi connectivity index (χ3v) is 5.10. The summed E-state index contributed by atoms with van der Waals surface area (Å²) in [6.07, 6.45) is 0. The average Bonchev–Trinajstić information content (AvgIpc) is 3.30. The van der Waals surface area contributed by atoms with Gasteiger partial charge in [0, 0.05) is 22.1 Å². The summed E-state index contributed by atoms with van der Waals surface area (Å²) in [5.74, 6) is -0.616. The SMILES string of the molecule is Cc1ccc(Cl)cc1-n1nnc(-c2nsc(NC(=O)c3cccc(F)c3)n2)c1C. The van der Waals surface area contributed by atoms with E-state index in [9.17, 15) is 9.18 Å². The van der Waals surface area contributed by atoms with Crippen LogP contribution in [-0.4, -0.2) is 30.3 Å². The van der Waals surface area contributed by atoms with E-state index in [-0.39, 0.29) is 10.7 Å². The van der Waals surface area contributed by atoms with Crippen LogP contribution in [-0.2, 0) is 0 Å². The molecular formula is C19H14ClFN6OS. The van der Waals surface area contributed by atoms with Gasteiger partial charge in [-0.3, -0.25) is 10.1 Å². The lowest BCUT2D eigenvalue weighted by Gasteiger charge is -2.07. The van der Waals surface area contributed by atoms with E-state index in [0.717, 1.165) is 34.5 Å². The second-order valence-corrected chi connectivity index (χ2v) is 7.44. The van der Waals surface area contributed by atoms with Gasteiger partial charge in [-0.05, 0) is 49.7 Å². The highest BCUT2D eigenvalue weighted by atomic mass is 35.5. The van der Waals surface area contributed by atoms with Crippen molar-refractivity contribution in [1.29, 1.82) is 0 Å². The lowest BCUT2D eigenvalue weighted by atomic mass is 10.2. The maximum absolute atomic E-state index is 13.3.